The first-order valence-electron chi connectivity index (χ1n) is 14.9. The largest absolute Gasteiger partial charge is 0.496 e. The highest BCUT2D eigenvalue weighted by Gasteiger charge is 2.36. The number of carbonyl (C=O) groups excluding carboxylic acids is 5. The van der Waals surface area contributed by atoms with E-state index in [1.54, 1.807) is 37.4 Å². The Morgan fingerprint density at radius 1 is 0.864 bits per heavy atom. The highest BCUT2D eigenvalue weighted by atomic mass is 16.5. The second-order valence-electron chi connectivity index (χ2n) is 11.1. The maximum atomic E-state index is 13.2. The molecule has 0 radical (unpaired) electrons. The zero-order valence-electron chi connectivity index (χ0n) is 24.9. The number of nitrogens with one attached hydrogen (secondary N) is 3. The normalized spacial score (nSPS) is 18.5. The van der Waals surface area contributed by atoms with Crippen LogP contribution in [0.15, 0.2) is 66.7 Å². The Morgan fingerprint density at radius 3 is 2.25 bits per heavy atom. The summed E-state index contributed by atoms with van der Waals surface area (Å²) in [7, 11) is 1.57. The van der Waals surface area contributed by atoms with Crippen molar-refractivity contribution in [3.63, 3.8) is 0 Å². The van der Waals surface area contributed by atoms with E-state index in [2.05, 4.69) is 16.0 Å². The molecule has 2 fully saturated rings. The van der Waals surface area contributed by atoms with Gasteiger partial charge in [-0.25, -0.2) is 0 Å². The molecule has 44 heavy (non-hydrogen) atoms. The van der Waals surface area contributed by atoms with Crippen molar-refractivity contribution < 1.29 is 28.7 Å². The van der Waals surface area contributed by atoms with Crippen LogP contribution in [0.3, 0.4) is 0 Å². The van der Waals surface area contributed by atoms with Gasteiger partial charge in [0.15, 0.2) is 0 Å². The molecule has 2 aliphatic rings. The third-order valence-electron chi connectivity index (χ3n) is 8.19. The maximum Gasteiger partial charge on any atom is 0.254 e. The average molecular weight is 600 g/mol. The Morgan fingerprint density at radius 2 is 1.52 bits per heavy atom. The quantitative estimate of drug-likeness (QED) is 0.346. The lowest BCUT2D eigenvalue weighted by Crippen LogP contribution is -2.53. The molecule has 0 unspecified atom stereocenters. The number of carbonyl (C=O) groups is 5. The average Bonchev–Trinajstić information content (AvgIpc) is 3.74. The lowest BCUT2D eigenvalue weighted by atomic mass is 10.1. The Labute approximate surface area is 255 Å². The van der Waals surface area contributed by atoms with Crippen LogP contribution in [0.4, 0.5) is 5.69 Å². The smallest absolute Gasteiger partial charge is 0.254 e. The number of anilines is 1. The lowest BCUT2D eigenvalue weighted by Gasteiger charge is -2.26. The van der Waals surface area contributed by atoms with Crippen LogP contribution < -0.4 is 20.7 Å². The molecule has 0 saturated carbocycles. The van der Waals surface area contributed by atoms with Gasteiger partial charge in [0.05, 0.1) is 13.7 Å². The van der Waals surface area contributed by atoms with E-state index in [-0.39, 0.29) is 24.3 Å². The molecule has 5 rings (SSSR count). The number of fused-ring (bicyclic) bond motifs is 1. The minimum Gasteiger partial charge on any atom is -0.496 e. The van der Waals surface area contributed by atoms with Crippen LogP contribution in [0.1, 0.15) is 43.0 Å². The lowest BCUT2D eigenvalue weighted by molar-refractivity contribution is -0.137. The summed E-state index contributed by atoms with van der Waals surface area (Å²) in [5, 5.41) is 10.0. The van der Waals surface area contributed by atoms with Crippen molar-refractivity contribution in [2.45, 2.75) is 50.7 Å². The molecule has 11 heteroatoms. The highest BCUT2D eigenvalue weighted by Crippen LogP contribution is 2.30. The predicted octanol–water partition coefficient (Wildman–Crippen LogP) is 2.70. The molecule has 0 aromatic heterocycles. The van der Waals surface area contributed by atoms with E-state index in [0.717, 1.165) is 10.8 Å². The molecule has 2 saturated heterocycles. The second kappa shape index (κ2) is 13.6. The van der Waals surface area contributed by atoms with E-state index in [1.807, 2.05) is 36.4 Å². The molecule has 3 N–H and O–H groups in total. The van der Waals surface area contributed by atoms with E-state index < -0.39 is 29.9 Å². The number of hydrogen-bond acceptors (Lipinski definition) is 6. The van der Waals surface area contributed by atoms with Gasteiger partial charge in [-0.2, -0.15) is 0 Å². The monoisotopic (exact) mass is 599 g/mol. The van der Waals surface area contributed by atoms with Crippen molar-refractivity contribution in [3.8, 4) is 5.75 Å². The van der Waals surface area contributed by atoms with Crippen molar-refractivity contribution in [1.82, 2.24) is 20.4 Å². The van der Waals surface area contributed by atoms with E-state index >= 15 is 0 Å². The third-order valence-corrected chi connectivity index (χ3v) is 8.19. The van der Waals surface area contributed by atoms with Gasteiger partial charge in [-0.05, 0) is 56.2 Å². The first-order chi connectivity index (χ1) is 21.3. The first kappa shape index (κ1) is 30.5. The van der Waals surface area contributed by atoms with E-state index in [4.69, 9.17) is 4.74 Å². The number of ether oxygens (including phenoxy) is 1. The maximum absolute atomic E-state index is 13.2. The minimum absolute atomic E-state index is 0.227. The fourth-order valence-electron chi connectivity index (χ4n) is 5.90. The number of methoxy groups -OCH3 is 1. The Bertz CT molecular complexity index is 1560. The highest BCUT2D eigenvalue weighted by molar-refractivity contribution is 6.01. The van der Waals surface area contributed by atoms with Gasteiger partial charge in [0.2, 0.25) is 23.6 Å². The molecular weight excluding hydrogens is 562 g/mol. The molecule has 2 heterocycles. The van der Waals surface area contributed by atoms with Crippen LogP contribution >= 0.6 is 0 Å². The number of rotatable bonds is 9. The van der Waals surface area contributed by atoms with Gasteiger partial charge < -0.3 is 30.5 Å². The molecular formula is C33H37N5O6. The van der Waals surface area contributed by atoms with Crippen LogP contribution in [0.5, 0.6) is 5.75 Å². The third kappa shape index (κ3) is 6.66. The fraction of sp³-hybridized carbons (Fsp3) is 0.364. The topological polar surface area (TPSA) is 137 Å². The number of nitrogens with zero attached hydrogens (tertiary/aromatic N) is 2. The van der Waals surface area contributed by atoms with E-state index in [0.29, 0.717) is 55.8 Å². The molecule has 5 amide bonds. The molecule has 3 aromatic rings. The van der Waals surface area contributed by atoms with Gasteiger partial charge in [-0.3, -0.25) is 24.0 Å². The van der Waals surface area contributed by atoms with Crippen molar-refractivity contribution in [2.75, 3.05) is 32.1 Å². The van der Waals surface area contributed by atoms with Crippen LogP contribution in [-0.2, 0) is 19.2 Å². The molecule has 11 nitrogen and oxygen atoms in total. The summed E-state index contributed by atoms with van der Waals surface area (Å²) in [6.45, 7) is 2.07. The van der Waals surface area contributed by atoms with Crippen molar-refractivity contribution in [2.24, 2.45) is 0 Å². The van der Waals surface area contributed by atoms with E-state index in [9.17, 15) is 24.0 Å². The van der Waals surface area contributed by atoms with E-state index in [1.165, 1.54) is 16.7 Å². The zero-order chi connectivity index (χ0) is 31.2. The molecule has 0 aliphatic carbocycles. The number of amides is 5. The van der Waals surface area contributed by atoms with Gasteiger partial charge in [0.25, 0.3) is 5.91 Å². The molecule has 3 atom stereocenters. The van der Waals surface area contributed by atoms with Gasteiger partial charge in [-0.15, -0.1) is 0 Å². The SMILES string of the molecule is COc1cc(NC(=O)[C@@H]2CCCN2C(=O)CNC(=O)[C@H](C)NC(=O)[C@@H]2CCCN2C(=O)c2ccccc2)cc2ccccc12. The second-order valence-corrected chi connectivity index (χ2v) is 11.1. The Hall–Kier alpha value is -4.93. The first-order valence-corrected chi connectivity index (χ1v) is 14.9. The summed E-state index contributed by atoms with van der Waals surface area (Å²) in [5.74, 6) is -1.25. The summed E-state index contributed by atoms with van der Waals surface area (Å²) >= 11 is 0. The van der Waals surface area contributed by atoms with Crippen molar-refractivity contribution in [3.05, 3.63) is 72.3 Å². The van der Waals surface area contributed by atoms with Crippen LogP contribution in [0, 0.1) is 0 Å². The molecule has 230 valence electrons. The number of hydrogen-bond donors (Lipinski definition) is 3. The Kier molecular flexibility index (Phi) is 9.42. The Balaban J connectivity index is 1.13. The van der Waals surface area contributed by atoms with Gasteiger partial charge in [-0.1, -0.05) is 42.5 Å². The molecule has 3 aromatic carbocycles. The fourth-order valence-corrected chi connectivity index (χ4v) is 5.90. The molecule has 2 aliphatic heterocycles. The summed E-state index contributed by atoms with van der Waals surface area (Å²) in [6.07, 6.45) is 2.35. The van der Waals surface area contributed by atoms with Crippen molar-refractivity contribution in [1.29, 1.82) is 0 Å². The summed E-state index contributed by atoms with van der Waals surface area (Å²) in [5.41, 5.74) is 1.07. The summed E-state index contributed by atoms with van der Waals surface area (Å²) in [6, 6.07) is 17.8. The van der Waals surface area contributed by atoms with Crippen molar-refractivity contribution >= 4 is 46.0 Å². The van der Waals surface area contributed by atoms with Gasteiger partial charge in [0, 0.05) is 35.8 Å². The summed E-state index contributed by atoms with van der Waals surface area (Å²) in [4.78, 5) is 68.1. The standard InChI is InChI=1S/C33H37N5O6/c1-21(35-31(41)27-15-9-17-38(27)33(43)22-10-4-3-5-11-22)30(40)34-20-29(39)37-16-8-14-26(37)32(42)36-24-18-23-12-6-7-13-25(23)28(19-24)44-2/h3-7,10-13,18-19,21,26-27H,8-9,14-17,20H2,1-2H3,(H,34,40)(H,35,41)(H,36,42)/t21-,26-,27-/m0/s1. The van der Waals surface area contributed by atoms with Crippen LogP contribution in [-0.4, -0.2) is 84.2 Å². The van der Waals surface area contributed by atoms with Gasteiger partial charge in [0.1, 0.15) is 23.9 Å². The zero-order valence-corrected chi connectivity index (χ0v) is 24.9. The molecule has 0 bridgehead atoms. The van der Waals surface area contributed by atoms with Crippen LogP contribution in [0.2, 0.25) is 0 Å². The minimum atomic E-state index is -0.926. The molecule has 0 spiro atoms. The number of benzene rings is 3. The van der Waals surface area contributed by atoms with Crippen LogP contribution in [0.25, 0.3) is 10.8 Å². The summed E-state index contributed by atoms with van der Waals surface area (Å²) < 4.78 is 5.50. The predicted molar refractivity (Wildman–Crippen MR) is 165 cm³/mol. The number of likely N-dealkylation sites (tertiary alicyclic amines) is 2. The van der Waals surface area contributed by atoms with Gasteiger partial charge >= 0.3 is 0 Å².